The van der Waals surface area contributed by atoms with Gasteiger partial charge in [-0.3, -0.25) is 19.0 Å². The number of carbonyl (C=O) groups is 2. The zero-order valence-electron chi connectivity index (χ0n) is 19.0. The van der Waals surface area contributed by atoms with E-state index < -0.39 is 0 Å². The van der Waals surface area contributed by atoms with E-state index in [1.807, 2.05) is 44.2 Å². The predicted octanol–water partition coefficient (Wildman–Crippen LogP) is 4.81. The Morgan fingerprint density at radius 3 is 2.29 bits per heavy atom. The van der Waals surface area contributed by atoms with Gasteiger partial charge in [-0.2, -0.15) is 0 Å². The Kier molecular flexibility index (Phi) is 7.14. The van der Waals surface area contributed by atoms with Gasteiger partial charge in [0.05, 0.1) is 17.7 Å². The molecule has 174 valence electrons. The highest BCUT2D eigenvalue weighted by atomic mass is 32.2. The number of thiophene rings is 1. The van der Waals surface area contributed by atoms with Crippen molar-refractivity contribution in [3.63, 3.8) is 0 Å². The van der Waals surface area contributed by atoms with Crippen LogP contribution in [0.25, 0.3) is 10.2 Å². The van der Waals surface area contributed by atoms with Crippen molar-refractivity contribution in [3.05, 3.63) is 81.0 Å². The van der Waals surface area contributed by atoms with Gasteiger partial charge >= 0.3 is 0 Å². The molecule has 2 N–H and O–H groups in total. The summed E-state index contributed by atoms with van der Waals surface area (Å²) in [5.41, 5.74) is 3.13. The first-order chi connectivity index (χ1) is 16.3. The Balaban J connectivity index is 1.55. The molecule has 0 atom stereocenters. The second-order valence-corrected chi connectivity index (χ2v) is 9.98. The molecule has 4 aromatic rings. The van der Waals surface area contributed by atoms with Crippen molar-refractivity contribution in [1.29, 1.82) is 0 Å². The van der Waals surface area contributed by atoms with Crippen LogP contribution in [0.3, 0.4) is 0 Å². The first kappa shape index (κ1) is 23.7. The van der Waals surface area contributed by atoms with Crippen LogP contribution in [0.5, 0.6) is 0 Å². The van der Waals surface area contributed by atoms with E-state index in [1.54, 1.807) is 28.8 Å². The van der Waals surface area contributed by atoms with Crippen LogP contribution < -0.4 is 16.2 Å². The standard InChI is InChI=1S/C25H24N4O3S2/c1-15-16(2)34-23-22(15)24(32)29(13-18-7-5-4-6-8-18)25(28-23)33-14-21(31)27-20-11-9-19(10-12-20)26-17(3)30/h4-12H,13-14H2,1-3H3,(H,26,30)(H,27,31). The third-order valence-corrected chi connectivity index (χ3v) is 7.34. The predicted molar refractivity (Wildman–Crippen MR) is 139 cm³/mol. The molecule has 2 aromatic heterocycles. The summed E-state index contributed by atoms with van der Waals surface area (Å²) in [6.45, 7) is 5.75. The van der Waals surface area contributed by atoms with Gasteiger partial charge in [0.15, 0.2) is 5.16 Å². The van der Waals surface area contributed by atoms with Crippen molar-refractivity contribution in [3.8, 4) is 0 Å². The summed E-state index contributed by atoms with van der Waals surface area (Å²) in [6, 6.07) is 16.6. The van der Waals surface area contributed by atoms with Gasteiger partial charge in [0.1, 0.15) is 4.83 Å². The summed E-state index contributed by atoms with van der Waals surface area (Å²) < 4.78 is 1.65. The van der Waals surface area contributed by atoms with E-state index in [2.05, 4.69) is 10.6 Å². The molecule has 9 heteroatoms. The van der Waals surface area contributed by atoms with Crippen LogP contribution in [0.4, 0.5) is 11.4 Å². The van der Waals surface area contributed by atoms with E-state index >= 15 is 0 Å². The number of fused-ring (bicyclic) bond motifs is 1. The molecule has 0 fully saturated rings. The number of rotatable bonds is 7. The summed E-state index contributed by atoms with van der Waals surface area (Å²) >= 11 is 2.73. The normalized spacial score (nSPS) is 10.9. The molecule has 2 amide bonds. The number of carbonyl (C=O) groups excluding carboxylic acids is 2. The largest absolute Gasteiger partial charge is 0.326 e. The number of amides is 2. The van der Waals surface area contributed by atoms with Crippen molar-refractivity contribution < 1.29 is 9.59 Å². The summed E-state index contributed by atoms with van der Waals surface area (Å²) in [6.07, 6.45) is 0. The fourth-order valence-electron chi connectivity index (χ4n) is 3.49. The number of hydrogen-bond donors (Lipinski definition) is 2. The van der Waals surface area contributed by atoms with Gasteiger partial charge in [-0.1, -0.05) is 42.1 Å². The maximum Gasteiger partial charge on any atom is 0.263 e. The van der Waals surface area contributed by atoms with Crippen molar-refractivity contribution in [2.75, 3.05) is 16.4 Å². The minimum absolute atomic E-state index is 0.0906. The molecule has 34 heavy (non-hydrogen) atoms. The average Bonchev–Trinajstić information content (AvgIpc) is 3.09. The van der Waals surface area contributed by atoms with E-state index in [9.17, 15) is 14.4 Å². The second kappa shape index (κ2) is 10.2. The van der Waals surface area contributed by atoms with E-state index in [-0.39, 0.29) is 23.1 Å². The lowest BCUT2D eigenvalue weighted by molar-refractivity contribution is -0.114. The molecular weight excluding hydrogens is 468 g/mol. The quantitative estimate of drug-likeness (QED) is 0.285. The number of aryl methyl sites for hydroxylation is 2. The molecule has 4 rings (SSSR count). The molecule has 0 saturated carbocycles. The van der Waals surface area contributed by atoms with Crippen LogP contribution >= 0.6 is 23.1 Å². The zero-order chi connectivity index (χ0) is 24.2. The van der Waals surface area contributed by atoms with Gasteiger partial charge in [-0.25, -0.2) is 4.98 Å². The molecule has 0 aliphatic heterocycles. The van der Waals surface area contributed by atoms with E-state index in [4.69, 9.17) is 4.98 Å². The van der Waals surface area contributed by atoms with Crippen molar-refractivity contribution in [2.24, 2.45) is 0 Å². The third-order valence-electron chi connectivity index (χ3n) is 5.26. The lowest BCUT2D eigenvalue weighted by Gasteiger charge is -2.13. The Labute approximate surface area is 205 Å². The van der Waals surface area contributed by atoms with Crippen LogP contribution in [-0.2, 0) is 16.1 Å². The number of anilines is 2. The van der Waals surface area contributed by atoms with Gasteiger partial charge in [0.2, 0.25) is 11.8 Å². The van der Waals surface area contributed by atoms with Crippen LogP contribution in [0.15, 0.2) is 64.5 Å². The van der Waals surface area contributed by atoms with Crippen LogP contribution in [0.1, 0.15) is 22.9 Å². The first-order valence-electron chi connectivity index (χ1n) is 10.7. The molecule has 0 aliphatic carbocycles. The minimum atomic E-state index is -0.212. The first-order valence-corrected chi connectivity index (χ1v) is 12.5. The SMILES string of the molecule is CC(=O)Nc1ccc(NC(=O)CSc2nc3sc(C)c(C)c3c(=O)n2Cc2ccccc2)cc1. The van der Waals surface area contributed by atoms with Gasteiger partial charge in [0.25, 0.3) is 5.56 Å². The van der Waals surface area contributed by atoms with Crippen molar-refractivity contribution >= 4 is 56.5 Å². The molecule has 2 aromatic carbocycles. The van der Waals surface area contributed by atoms with Gasteiger partial charge < -0.3 is 10.6 Å². The van der Waals surface area contributed by atoms with Gasteiger partial charge in [-0.15, -0.1) is 11.3 Å². The zero-order valence-corrected chi connectivity index (χ0v) is 20.7. The third kappa shape index (κ3) is 5.37. The van der Waals surface area contributed by atoms with Crippen molar-refractivity contribution in [2.45, 2.75) is 32.5 Å². The molecular formula is C25H24N4O3S2. The van der Waals surface area contributed by atoms with Crippen LogP contribution in [-0.4, -0.2) is 27.1 Å². The van der Waals surface area contributed by atoms with E-state index in [0.717, 1.165) is 16.0 Å². The maximum atomic E-state index is 13.4. The van der Waals surface area contributed by atoms with E-state index in [0.29, 0.717) is 33.3 Å². The van der Waals surface area contributed by atoms with Gasteiger partial charge in [0, 0.05) is 23.2 Å². The molecule has 0 unspecified atom stereocenters. The summed E-state index contributed by atoms with van der Waals surface area (Å²) in [5, 5.41) is 6.69. The average molecular weight is 493 g/mol. The highest BCUT2D eigenvalue weighted by Crippen LogP contribution is 2.28. The number of hydrogen-bond acceptors (Lipinski definition) is 6. The Hall–Kier alpha value is -3.43. The Bertz CT molecular complexity index is 1410. The van der Waals surface area contributed by atoms with Crippen molar-refractivity contribution in [1.82, 2.24) is 9.55 Å². The van der Waals surface area contributed by atoms with Crippen LogP contribution in [0.2, 0.25) is 0 Å². The minimum Gasteiger partial charge on any atom is -0.326 e. The number of thioether (sulfide) groups is 1. The number of aromatic nitrogens is 2. The summed E-state index contributed by atoms with van der Waals surface area (Å²) in [4.78, 5) is 43.7. The molecule has 2 heterocycles. The molecule has 0 radical (unpaired) electrons. The molecule has 7 nitrogen and oxygen atoms in total. The number of nitrogens with zero attached hydrogens (tertiary/aromatic N) is 2. The van der Waals surface area contributed by atoms with Gasteiger partial charge in [-0.05, 0) is 49.2 Å². The summed E-state index contributed by atoms with van der Waals surface area (Å²) in [5.74, 6) is -0.268. The molecule has 0 saturated heterocycles. The highest BCUT2D eigenvalue weighted by Gasteiger charge is 2.18. The molecule has 0 spiro atoms. The molecule has 0 aliphatic rings. The smallest absolute Gasteiger partial charge is 0.263 e. The second-order valence-electron chi connectivity index (χ2n) is 7.83. The lowest BCUT2D eigenvalue weighted by atomic mass is 10.2. The number of benzene rings is 2. The van der Waals surface area contributed by atoms with Crippen LogP contribution in [0, 0.1) is 13.8 Å². The monoisotopic (exact) mass is 492 g/mol. The van der Waals surface area contributed by atoms with E-state index in [1.165, 1.54) is 30.0 Å². The topological polar surface area (TPSA) is 93.1 Å². The summed E-state index contributed by atoms with van der Waals surface area (Å²) in [7, 11) is 0. The fraction of sp³-hybridized carbons (Fsp3) is 0.200. The molecule has 0 bridgehead atoms. The number of nitrogens with one attached hydrogen (secondary N) is 2. The highest BCUT2D eigenvalue weighted by molar-refractivity contribution is 7.99. The Morgan fingerprint density at radius 2 is 1.65 bits per heavy atom. The fourth-order valence-corrected chi connectivity index (χ4v) is 5.36. The maximum absolute atomic E-state index is 13.4. The Morgan fingerprint density at radius 1 is 1.00 bits per heavy atom. The lowest BCUT2D eigenvalue weighted by Crippen LogP contribution is -2.24.